The maximum Gasteiger partial charge on any atom is 0.416 e. The first-order valence-electron chi connectivity index (χ1n) is 14.1. The van der Waals surface area contributed by atoms with E-state index < -0.39 is 11.7 Å². The van der Waals surface area contributed by atoms with Gasteiger partial charge in [-0.1, -0.05) is 60.3 Å². The molecule has 0 fully saturated rings. The van der Waals surface area contributed by atoms with Gasteiger partial charge >= 0.3 is 6.18 Å². The molecular weight excluding hydrogens is 592 g/mol. The summed E-state index contributed by atoms with van der Waals surface area (Å²) in [5.74, 6) is 1.45. The minimum absolute atomic E-state index is 0.170. The van der Waals surface area contributed by atoms with Crippen molar-refractivity contribution >= 4 is 11.8 Å². The number of alkyl halides is 3. The maximum absolute atomic E-state index is 13.4. The first kappa shape index (κ1) is 29.8. The van der Waals surface area contributed by atoms with Crippen molar-refractivity contribution in [2.75, 3.05) is 0 Å². The van der Waals surface area contributed by atoms with Crippen molar-refractivity contribution in [2.24, 2.45) is 5.73 Å². The Morgan fingerprint density at radius 2 is 1.43 bits per heavy atom. The Balaban J connectivity index is 1.26. The van der Waals surface area contributed by atoms with Crippen LogP contribution in [0.15, 0.2) is 82.7 Å². The average molecular weight is 621 g/mol. The highest BCUT2D eigenvalue weighted by molar-refractivity contribution is 7.98. The van der Waals surface area contributed by atoms with E-state index in [1.165, 1.54) is 36.0 Å². The van der Waals surface area contributed by atoms with Gasteiger partial charge in [-0.25, -0.2) is 4.39 Å². The summed E-state index contributed by atoms with van der Waals surface area (Å²) in [7, 11) is 0. The number of rotatable bonds is 9. The summed E-state index contributed by atoms with van der Waals surface area (Å²) in [6.07, 6.45) is -2.09. The quantitative estimate of drug-likeness (QED) is 0.124. The second-order valence-corrected chi connectivity index (χ2v) is 11.5. The number of halogens is 4. The van der Waals surface area contributed by atoms with E-state index in [9.17, 15) is 22.4 Å². The van der Waals surface area contributed by atoms with Gasteiger partial charge in [0.2, 0.25) is 0 Å². The maximum atomic E-state index is 13.4. The number of hydrogen-bond donors (Lipinski definition) is 1. The van der Waals surface area contributed by atoms with Crippen molar-refractivity contribution in [1.82, 2.24) is 24.3 Å². The van der Waals surface area contributed by atoms with Crippen molar-refractivity contribution in [1.29, 1.82) is 0 Å². The normalized spacial score (nSPS) is 12.9. The topological polar surface area (TPSA) is 91.6 Å². The highest BCUT2D eigenvalue weighted by Crippen LogP contribution is 2.31. The summed E-state index contributed by atoms with van der Waals surface area (Å²) in [6, 6.07) is 18.9. The van der Waals surface area contributed by atoms with Crippen LogP contribution in [0.5, 0.6) is 0 Å². The minimum atomic E-state index is -4.38. The highest BCUT2D eigenvalue weighted by Gasteiger charge is 2.30. The second-order valence-electron chi connectivity index (χ2n) is 10.6. The third-order valence-corrected chi connectivity index (χ3v) is 8.76. The molecule has 0 aliphatic heterocycles. The molecule has 0 saturated carbocycles. The molecule has 7 nitrogen and oxygen atoms in total. The lowest BCUT2D eigenvalue weighted by molar-refractivity contribution is -0.137. The number of nitrogens with zero attached hydrogens (tertiary/aromatic N) is 5. The lowest BCUT2D eigenvalue weighted by atomic mass is 10.0. The van der Waals surface area contributed by atoms with Crippen LogP contribution in [-0.2, 0) is 44.4 Å². The smallest absolute Gasteiger partial charge is 0.324 e. The van der Waals surface area contributed by atoms with E-state index in [-0.39, 0.29) is 17.9 Å². The number of hydrogen-bond acceptors (Lipinski definition) is 6. The number of aromatic nitrogens is 5. The Hall–Kier alpha value is -4.29. The highest BCUT2D eigenvalue weighted by atomic mass is 32.2. The van der Waals surface area contributed by atoms with E-state index in [1.54, 1.807) is 12.1 Å². The van der Waals surface area contributed by atoms with Crippen LogP contribution >= 0.6 is 11.8 Å². The van der Waals surface area contributed by atoms with Gasteiger partial charge in [0.25, 0.3) is 5.56 Å². The molecule has 0 unspecified atom stereocenters. The van der Waals surface area contributed by atoms with Crippen LogP contribution in [-0.4, -0.2) is 24.3 Å². The molecule has 0 bridgehead atoms. The number of nitrogens with two attached hydrogens (primary N) is 1. The molecule has 0 saturated heterocycles. The Morgan fingerprint density at radius 3 is 2.09 bits per heavy atom. The Kier molecular flexibility index (Phi) is 8.37. The number of thioether (sulfide) groups is 1. The largest absolute Gasteiger partial charge is 0.416 e. The van der Waals surface area contributed by atoms with E-state index in [4.69, 9.17) is 5.73 Å². The molecule has 1 aliphatic rings. The molecule has 0 spiro atoms. The van der Waals surface area contributed by atoms with Crippen LogP contribution in [0.25, 0.3) is 11.1 Å². The van der Waals surface area contributed by atoms with Gasteiger partial charge < -0.3 is 14.9 Å². The zero-order chi connectivity index (χ0) is 30.8. The van der Waals surface area contributed by atoms with Crippen molar-refractivity contribution in [2.45, 2.75) is 56.0 Å². The van der Waals surface area contributed by atoms with Gasteiger partial charge in [-0.15, -0.1) is 10.2 Å². The van der Waals surface area contributed by atoms with E-state index in [1.807, 2.05) is 33.4 Å². The van der Waals surface area contributed by atoms with Crippen molar-refractivity contribution in [3.63, 3.8) is 0 Å². The Morgan fingerprint density at radius 1 is 0.795 bits per heavy atom. The standard InChI is InChI=1S/C32H28F4N6OS/c33-25-14-6-21(7-15-25)19-44-31-38-30(43)26-2-1-3-27(26)41(31)18-29-40-39-28(16-37)42(29)17-20-4-8-22(9-5-20)23-10-12-24(13-11-23)32(34,35)36/h4-15H,1-3,16-19,37H2. The molecule has 226 valence electrons. The molecule has 44 heavy (non-hydrogen) atoms. The third-order valence-electron chi connectivity index (χ3n) is 7.71. The van der Waals surface area contributed by atoms with Crippen LogP contribution < -0.4 is 11.3 Å². The van der Waals surface area contributed by atoms with Crippen LogP contribution in [0.3, 0.4) is 0 Å². The first-order valence-corrected chi connectivity index (χ1v) is 15.1. The van der Waals surface area contributed by atoms with Gasteiger partial charge in [-0.05, 0) is 65.8 Å². The summed E-state index contributed by atoms with van der Waals surface area (Å²) in [4.78, 5) is 17.3. The number of fused-ring (bicyclic) bond motifs is 1. The fourth-order valence-corrected chi connectivity index (χ4v) is 6.36. The molecule has 5 aromatic rings. The van der Waals surface area contributed by atoms with Crippen LogP contribution in [0.2, 0.25) is 0 Å². The van der Waals surface area contributed by atoms with Gasteiger partial charge in [0.1, 0.15) is 11.6 Å². The van der Waals surface area contributed by atoms with Gasteiger partial charge in [0, 0.05) is 17.0 Å². The fraction of sp³-hybridized carbons (Fsp3) is 0.250. The summed E-state index contributed by atoms with van der Waals surface area (Å²) in [5.41, 5.74) is 10.1. The van der Waals surface area contributed by atoms with Crippen molar-refractivity contribution in [3.05, 3.63) is 129 Å². The molecule has 0 amide bonds. The van der Waals surface area contributed by atoms with E-state index in [0.717, 1.165) is 52.9 Å². The molecule has 1 aliphatic carbocycles. The van der Waals surface area contributed by atoms with Crippen molar-refractivity contribution < 1.29 is 17.6 Å². The van der Waals surface area contributed by atoms with Gasteiger partial charge in [0.15, 0.2) is 11.0 Å². The van der Waals surface area contributed by atoms with E-state index in [0.29, 0.717) is 47.6 Å². The molecule has 2 aromatic heterocycles. The lowest BCUT2D eigenvalue weighted by Gasteiger charge is -2.18. The van der Waals surface area contributed by atoms with E-state index >= 15 is 0 Å². The summed E-state index contributed by atoms with van der Waals surface area (Å²) < 4.78 is 56.3. The van der Waals surface area contributed by atoms with Gasteiger partial charge in [-0.2, -0.15) is 18.2 Å². The molecule has 3 aromatic carbocycles. The summed E-state index contributed by atoms with van der Waals surface area (Å²) >= 11 is 1.41. The summed E-state index contributed by atoms with van der Waals surface area (Å²) in [6.45, 7) is 0.928. The van der Waals surface area contributed by atoms with Crippen LogP contribution in [0.4, 0.5) is 17.6 Å². The Labute approximate surface area is 254 Å². The van der Waals surface area contributed by atoms with Gasteiger partial charge in [-0.3, -0.25) is 4.79 Å². The SMILES string of the molecule is NCc1nnc(Cn2c(SCc3ccc(F)cc3)nc(=O)c3c2CCC3)n1Cc1ccc(-c2ccc(C(F)(F)F)cc2)cc1. The molecule has 2 N–H and O–H groups in total. The summed E-state index contributed by atoms with van der Waals surface area (Å²) in [5, 5.41) is 9.33. The average Bonchev–Trinajstić information content (AvgIpc) is 3.66. The molecule has 2 heterocycles. The third kappa shape index (κ3) is 6.31. The van der Waals surface area contributed by atoms with E-state index in [2.05, 4.69) is 15.2 Å². The molecule has 6 rings (SSSR count). The van der Waals surface area contributed by atoms with Crippen molar-refractivity contribution in [3.8, 4) is 11.1 Å². The monoisotopic (exact) mass is 620 g/mol. The fourth-order valence-electron chi connectivity index (χ4n) is 5.39. The molecule has 0 radical (unpaired) electrons. The number of benzene rings is 3. The molecule has 12 heteroatoms. The zero-order valence-corrected chi connectivity index (χ0v) is 24.3. The molecular formula is C32H28F4N6OS. The van der Waals surface area contributed by atoms with Crippen LogP contribution in [0.1, 0.15) is 46.0 Å². The van der Waals surface area contributed by atoms with Gasteiger partial charge in [0.05, 0.1) is 25.2 Å². The predicted octanol–water partition coefficient (Wildman–Crippen LogP) is 6.00. The first-order chi connectivity index (χ1) is 21.2. The lowest BCUT2D eigenvalue weighted by Crippen LogP contribution is -2.23. The second kappa shape index (κ2) is 12.4. The minimum Gasteiger partial charge on any atom is -0.324 e. The Bertz CT molecular complexity index is 1830. The zero-order valence-electron chi connectivity index (χ0n) is 23.5. The van der Waals surface area contributed by atoms with Crippen LogP contribution in [0, 0.1) is 5.82 Å². The predicted molar refractivity (Wildman–Crippen MR) is 159 cm³/mol. The molecule has 0 atom stereocenters.